The number of amides is 2. The first-order chi connectivity index (χ1) is 13.1. The number of aromatic nitrogens is 2. The smallest absolute Gasteiger partial charge is 0.249 e. The number of carbonyl (C=O) groups excluding carboxylic acids is 2. The minimum Gasteiger partial charge on any atom is -0.369 e. The number of hydrogen-bond acceptors (Lipinski definition) is 4. The third kappa shape index (κ3) is 4.54. The Bertz CT molecular complexity index is 775. The zero-order valence-corrected chi connectivity index (χ0v) is 15.9. The molecule has 0 spiro atoms. The van der Waals surface area contributed by atoms with Gasteiger partial charge in [0, 0.05) is 37.9 Å². The van der Waals surface area contributed by atoms with E-state index in [2.05, 4.69) is 5.10 Å². The van der Waals surface area contributed by atoms with Crippen molar-refractivity contribution in [1.29, 1.82) is 0 Å². The lowest BCUT2D eigenvalue weighted by Crippen LogP contribution is -2.56. The van der Waals surface area contributed by atoms with Crippen molar-refractivity contribution in [2.45, 2.75) is 39.5 Å². The Kier molecular flexibility index (Phi) is 6.24. The van der Waals surface area contributed by atoms with Gasteiger partial charge in [0.2, 0.25) is 11.8 Å². The van der Waals surface area contributed by atoms with Crippen LogP contribution in [0.25, 0.3) is 0 Å². The van der Waals surface area contributed by atoms with Crippen LogP contribution in [0.4, 0.5) is 0 Å². The maximum absolute atomic E-state index is 13.2. The van der Waals surface area contributed by atoms with Crippen molar-refractivity contribution in [1.82, 2.24) is 19.6 Å². The van der Waals surface area contributed by atoms with Gasteiger partial charge in [-0.3, -0.25) is 14.3 Å². The zero-order valence-electron chi connectivity index (χ0n) is 15.9. The average Bonchev–Trinajstić information content (AvgIpc) is 3.16. The lowest BCUT2D eigenvalue weighted by molar-refractivity contribution is -0.160. The minimum absolute atomic E-state index is 0.0199. The molecule has 1 atom stereocenters. The molecule has 0 saturated carbocycles. The highest BCUT2D eigenvalue weighted by Crippen LogP contribution is 2.17. The molecule has 27 heavy (non-hydrogen) atoms. The van der Waals surface area contributed by atoms with Crippen molar-refractivity contribution >= 4 is 11.8 Å². The van der Waals surface area contributed by atoms with Gasteiger partial charge >= 0.3 is 0 Å². The van der Waals surface area contributed by atoms with Crippen molar-refractivity contribution in [3.8, 4) is 0 Å². The van der Waals surface area contributed by atoms with Crippen LogP contribution in [0.3, 0.4) is 0 Å². The highest BCUT2D eigenvalue weighted by Gasteiger charge is 2.36. The molecule has 0 aliphatic carbocycles. The Morgan fingerprint density at radius 1 is 1.26 bits per heavy atom. The molecular formula is C20H26N4O3. The topological polar surface area (TPSA) is 67.7 Å². The van der Waals surface area contributed by atoms with Gasteiger partial charge < -0.3 is 14.5 Å². The molecule has 144 valence electrons. The van der Waals surface area contributed by atoms with Crippen molar-refractivity contribution in [3.63, 3.8) is 0 Å². The van der Waals surface area contributed by atoms with Gasteiger partial charge in [-0.2, -0.15) is 5.10 Å². The monoisotopic (exact) mass is 370 g/mol. The van der Waals surface area contributed by atoms with E-state index in [-0.39, 0.29) is 25.0 Å². The highest BCUT2D eigenvalue weighted by atomic mass is 16.5. The molecule has 1 aliphatic heterocycles. The molecule has 1 fully saturated rings. The summed E-state index contributed by atoms with van der Waals surface area (Å²) in [6.45, 7) is 6.43. The molecule has 2 heterocycles. The molecule has 1 aliphatic rings. The molecule has 7 nitrogen and oxygen atoms in total. The molecule has 0 radical (unpaired) electrons. The summed E-state index contributed by atoms with van der Waals surface area (Å²) >= 11 is 0. The molecule has 7 heteroatoms. The molecule has 0 unspecified atom stereocenters. The Balaban J connectivity index is 1.75. The molecule has 2 amide bonds. The quantitative estimate of drug-likeness (QED) is 0.744. The number of ether oxygens (including phenoxy) is 1. The summed E-state index contributed by atoms with van der Waals surface area (Å²) in [5, 5.41) is 4.27. The van der Waals surface area contributed by atoms with Crippen molar-refractivity contribution in [2.75, 3.05) is 19.8 Å². The Morgan fingerprint density at radius 2 is 2.04 bits per heavy atom. The van der Waals surface area contributed by atoms with Crippen molar-refractivity contribution in [2.24, 2.45) is 0 Å². The number of nitrogens with zero attached hydrogens (tertiary/aromatic N) is 4. The van der Waals surface area contributed by atoms with E-state index < -0.39 is 6.04 Å². The van der Waals surface area contributed by atoms with Crippen LogP contribution in [0.2, 0.25) is 0 Å². The second-order valence-electron chi connectivity index (χ2n) is 6.59. The van der Waals surface area contributed by atoms with Crippen LogP contribution in [0.5, 0.6) is 0 Å². The Morgan fingerprint density at radius 3 is 2.70 bits per heavy atom. The maximum atomic E-state index is 13.2. The van der Waals surface area contributed by atoms with Crippen LogP contribution in [-0.4, -0.2) is 57.2 Å². The van der Waals surface area contributed by atoms with E-state index in [0.29, 0.717) is 19.6 Å². The Labute approximate surface area is 159 Å². The predicted molar refractivity (Wildman–Crippen MR) is 101 cm³/mol. The Hall–Kier alpha value is -2.67. The number of benzene rings is 1. The summed E-state index contributed by atoms with van der Waals surface area (Å²) in [7, 11) is 0. The van der Waals surface area contributed by atoms with Crippen molar-refractivity contribution in [3.05, 3.63) is 53.9 Å². The first kappa shape index (κ1) is 19.1. The summed E-state index contributed by atoms with van der Waals surface area (Å²) in [6, 6.07) is 9.11. The summed E-state index contributed by atoms with van der Waals surface area (Å²) in [6.07, 6.45) is 3.73. The standard InChI is InChI=1S/C20H26N4O3/c1-3-22(11-17-10-21-23(4-2)12-17)20(26)18-14-27-15-19(25)24(18)13-16-8-6-5-7-9-16/h5-10,12,18H,3-4,11,13-15H2,1-2H3/t18-/m0/s1. The van der Waals surface area contributed by atoms with E-state index in [1.54, 1.807) is 16.0 Å². The predicted octanol–water partition coefficient (Wildman–Crippen LogP) is 1.68. The normalized spacial score (nSPS) is 17.2. The fraction of sp³-hybridized carbons (Fsp3) is 0.450. The number of rotatable bonds is 7. The van der Waals surface area contributed by atoms with Gasteiger partial charge in [-0.05, 0) is 19.4 Å². The van der Waals surface area contributed by atoms with Gasteiger partial charge in [-0.1, -0.05) is 30.3 Å². The third-order valence-electron chi connectivity index (χ3n) is 4.76. The molecule has 2 aromatic rings. The van der Waals surface area contributed by atoms with Gasteiger partial charge in [0.05, 0.1) is 12.8 Å². The van der Waals surface area contributed by atoms with E-state index in [0.717, 1.165) is 17.7 Å². The van der Waals surface area contributed by atoms with Gasteiger partial charge in [0.1, 0.15) is 12.6 Å². The second-order valence-corrected chi connectivity index (χ2v) is 6.59. The largest absolute Gasteiger partial charge is 0.369 e. The average molecular weight is 370 g/mol. The summed E-state index contributed by atoms with van der Waals surface area (Å²) in [5.41, 5.74) is 1.97. The first-order valence-corrected chi connectivity index (χ1v) is 9.33. The van der Waals surface area contributed by atoms with Crippen LogP contribution >= 0.6 is 0 Å². The number of hydrogen-bond donors (Lipinski definition) is 0. The number of likely N-dealkylation sites (N-methyl/N-ethyl adjacent to an activating group) is 1. The lowest BCUT2D eigenvalue weighted by Gasteiger charge is -2.37. The van der Waals surface area contributed by atoms with Crippen LogP contribution in [0.15, 0.2) is 42.7 Å². The van der Waals surface area contributed by atoms with E-state index in [1.165, 1.54) is 0 Å². The number of aryl methyl sites for hydroxylation is 1. The number of carbonyl (C=O) groups is 2. The molecule has 3 rings (SSSR count). The third-order valence-corrected chi connectivity index (χ3v) is 4.76. The molecule has 0 bridgehead atoms. The molecule has 1 aromatic carbocycles. The van der Waals surface area contributed by atoms with Gasteiger partial charge in [-0.25, -0.2) is 0 Å². The van der Waals surface area contributed by atoms with Crippen LogP contribution in [-0.2, 0) is 34.0 Å². The minimum atomic E-state index is -0.604. The van der Waals surface area contributed by atoms with E-state index in [9.17, 15) is 9.59 Å². The fourth-order valence-corrected chi connectivity index (χ4v) is 3.23. The van der Waals surface area contributed by atoms with Crippen molar-refractivity contribution < 1.29 is 14.3 Å². The molecule has 1 aromatic heterocycles. The summed E-state index contributed by atoms with van der Waals surface area (Å²) in [4.78, 5) is 29.0. The number of morpholine rings is 1. The van der Waals surface area contributed by atoms with E-state index in [1.807, 2.05) is 55.1 Å². The lowest BCUT2D eigenvalue weighted by atomic mass is 10.1. The van der Waals surface area contributed by atoms with E-state index in [4.69, 9.17) is 4.74 Å². The zero-order chi connectivity index (χ0) is 19.2. The van der Waals surface area contributed by atoms with Crippen LogP contribution < -0.4 is 0 Å². The SMILES string of the molecule is CCN(Cc1cnn(CC)c1)C(=O)[C@@H]1COCC(=O)N1Cc1ccccc1. The van der Waals surface area contributed by atoms with Crippen LogP contribution in [0, 0.1) is 0 Å². The van der Waals surface area contributed by atoms with Gasteiger partial charge in [0.25, 0.3) is 0 Å². The van der Waals surface area contributed by atoms with Gasteiger partial charge in [-0.15, -0.1) is 0 Å². The maximum Gasteiger partial charge on any atom is 0.249 e. The molecule has 0 N–H and O–H groups in total. The fourth-order valence-electron chi connectivity index (χ4n) is 3.23. The summed E-state index contributed by atoms with van der Waals surface area (Å²) < 4.78 is 7.23. The molecular weight excluding hydrogens is 344 g/mol. The van der Waals surface area contributed by atoms with E-state index >= 15 is 0 Å². The second kappa shape index (κ2) is 8.81. The highest BCUT2D eigenvalue weighted by molar-refractivity contribution is 5.89. The summed E-state index contributed by atoms with van der Waals surface area (Å²) in [5.74, 6) is -0.246. The molecule has 1 saturated heterocycles. The van der Waals surface area contributed by atoms with Gasteiger partial charge in [0.15, 0.2) is 0 Å². The van der Waals surface area contributed by atoms with Crippen LogP contribution in [0.1, 0.15) is 25.0 Å². The first-order valence-electron chi connectivity index (χ1n) is 9.33.